The Bertz CT molecular complexity index is 1050. The average Bonchev–Trinajstić information content (AvgIpc) is 2.97. The highest BCUT2D eigenvalue weighted by Gasteiger charge is 2.32. The first kappa shape index (κ1) is 25.3. The molecule has 0 spiro atoms. The summed E-state index contributed by atoms with van der Waals surface area (Å²) in [5.41, 5.74) is 1.83. The van der Waals surface area contributed by atoms with Gasteiger partial charge in [-0.25, -0.2) is 4.79 Å². The first-order valence-corrected chi connectivity index (χ1v) is 11.5. The largest absolute Gasteiger partial charge is 0.494 e. The van der Waals surface area contributed by atoms with Crippen molar-refractivity contribution in [1.29, 1.82) is 0 Å². The Labute approximate surface area is 203 Å². The molecule has 0 bridgehead atoms. The van der Waals surface area contributed by atoms with Crippen LogP contribution in [0.15, 0.2) is 42.5 Å². The minimum absolute atomic E-state index is 0.118. The Morgan fingerprint density at radius 3 is 2.65 bits per heavy atom. The number of hydrogen-bond donors (Lipinski definition) is 3. The lowest BCUT2D eigenvalue weighted by Gasteiger charge is -2.29. The van der Waals surface area contributed by atoms with Gasteiger partial charge in [0.1, 0.15) is 5.75 Å². The Morgan fingerprint density at radius 2 is 1.94 bits per heavy atom. The lowest BCUT2D eigenvalue weighted by Crippen LogP contribution is -2.50. The van der Waals surface area contributed by atoms with Crippen LogP contribution in [0.4, 0.5) is 10.5 Å². The number of fused-ring (bicyclic) bond motifs is 1. The van der Waals surface area contributed by atoms with E-state index in [2.05, 4.69) is 10.6 Å². The van der Waals surface area contributed by atoms with E-state index in [1.54, 1.807) is 28.0 Å². The van der Waals surface area contributed by atoms with E-state index in [9.17, 15) is 14.4 Å². The number of aliphatic hydroxyl groups excluding tert-OH is 1. The number of amides is 4. The highest BCUT2D eigenvalue weighted by atomic mass is 35.5. The molecule has 1 aliphatic heterocycles. The second-order valence-electron chi connectivity index (χ2n) is 7.83. The summed E-state index contributed by atoms with van der Waals surface area (Å²) < 4.78 is 5.46. The molecule has 0 fully saturated rings. The number of carbonyl (C=O) groups excluding carboxylic acids is 3. The molecule has 2 aromatic carbocycles. The van der Waals surface area contributed by atoms with Crippen molar-refractivity contribution in [2.45, 2.75) is 26.4 Å². The number of hydrogen-bond acceptors (Lipinski definition) is 5. The second-order valence-corrected chi connectivity index (χ2v) is 8.24. The van der Waals surface area contributed by atoms with Crippen LogP contribution in [-0.4, -0.2) is 66.7 Å². The topological polar surface area (TPSA) is 111 Å². The molecule has 3 rings (SSSR count). The molecule has 0 aromatic heterocycles. The molecular formula is C24H29ClN4O5. The summed E-state index contributed by atoms with van der Waals surface area (Å²) in [5, 5.41) is 14.2. The quantitative estimate of drug-likeness (QED) is 0.554. The summed E-state index contributed by atoms with van der Waals surface area (Å²) >= 11 is 6.41. The van der Waals surface area contributed by atoms with Crippen molar-refractivity contribution in [3.05, 3.63) is 58.6 Å². The van der Waals surface area contributed by atoms with Gasteiger partial charge in [0.15, 0.2) is 0 Å². The average molecular weight is 489 g/mol. The molecule has 0 aliphatic carbocycles. The number of aliphatic hydroxyl groups is 1. The van der Waals surface area contributed by atoms with Gasteiger partial charge in [-0.3, -0.25) is 9.59 Å². The first-order chi connectivity index (χ1) is 16.3. The SMILES string of the molecule is CCOc1ccc(C(=O)N2C[C@@H](C)N(C(=O)NCC(=O)NCCO)Cc3ccccc32)c(Cl)c1. The van der Waals surface area contributed by atoms with E-state index in [0.717, 1.165) is 5.56 Å². The van der Waals surface area contributed by atoms with Crippen LogP contribution >= 0.6 is 11.6 Å². The zero-order chi connectivity index (χ0) is 24.7. The summed E-state index contributed by atoms with van der Waals surface area (Å²) in [5.74, 6) is -0.0928. The molecule has 0 radical (unpaired) electrons. The zero-order valence-electron chi connectivity index (χ0n) is 19.2. The minimum Gasteiger partial charge on any atom is -0.494 e. The number of benzene rings is 2. The van der Waals surface area contributed by atoms with Gasteiger partial charge in [0.2, 0.25) is 5.91 Å². The van der Waals surface area contributed by atoms with Gasteiger partial charge < -0.3 is 30.3 Å². The molecule has 10 heteroatoms. The third-order valence-corrected chi connectivity index (χ3v) is 5.74. The van der Waals surface area contributed by atoms with Crippen molar-refractivity contribution in [2.24, 2.45) is 0 Å². The lowest BCUT2D eigenvalue weighted by atomic mass is 10.1. The van der Waals surface area contributed by atoms with Crippen LogP contribution in [0.2, 0.25) is 5.02 Å². The molecule has 1 atom stereocenters. The number of ether oxygens (including phenoxy) is 1. The molecule has 0 saturated carbocycles. The molecule has 1 heterocycles. The normalized spacial score (nSPS) is 15.2. The Kier molecular flexibility index (Phi) is 8.72. The zero-order valence-corrected chi connectivity index (χ0v) is 20.0. The number of halogens is 1. The minimum atomic E-state index is -0.421. The second kappa shape index (κ2) is 11.7. The van der Waals surface area contributed by atoms with Crippen LogP contribution in [0.1, 0.15) is 29.8 Å². The maximum Gasteiger partial charge on any atom is 0.318 e. The summed E-state index contributed by atoms with van der Waals surface area (Å²) in [6.07, 6.45) is 0. The van der Waals surface area contributed by atoms with Gasteiger partial charge in [0.25, 0.3) is 5.91 Å². The number of para-hydroxylation sites is 1. The summed E-state index contributed by atoms with van der Waals surface area (Å²) in [6.45, 7) is 4.43. The van der Waals surface area contributed by atoms with Gasteiger partial charge in [0.05, 0.1) is 30.3 Å². The van der Waals surface area contributed by atoms with Crippen molar-refractivity contribution in [3.63, 3.8) is 0 Å². The standard InChI is InChI=1S/C24H29ClN4O5/c1-3-34-18-8-9-19(20(25)12-18)23(32)29-14-16(2)28(15-17-6-4-5-7-21(17)29)24(33)27-13-22(31)26-10-11-30/h4-9,12,16,30H,3,10-11,13-15H2,1-2H3,(H,26,31)(H,27,33)/t16-/m1/s1. The summed E-state index contributed by atoms with van der Waals surface area (Å²) in [7, 11) is 0. The van der Waals surface area contributed by atoms with Crippen molar-refractivity contribution >= 4 is 35.1 Å². The predicted molar refractivity (Wildman–Crippen MR) is 129 cm³/mol. The molecule has 34 heavy (non-hydrogen) atoms. The van der Waals surface area contributed by atoms with E-state index in [4.69, 9.17) is 21.4 Å². The van der Waals surface area contributed by atoms with Crippen molar-refractivity contribution in [1.82, 2.24) is 15.5 Å². The predicted octanol–water partition coefficient (Wildman–Crippen LogP) is 2.41. The van der Waals surface area contributed by atoms with E-state index in [1.807, 2.05) is 38.1 Å². The molecule has 0 saturated heterocycles. The smallest absolute Gasteiger partial charge is 0.318 e. The third-order valence-electron chi connectivity index (χ3n) is 5.42. The number of anilines is 1. The number of nitrogens with one attached hydrogen (secondary N) is 2. The highest BCUT2D eigenvalue weighted by molar-refractivity contribution is 6.34. The van der Waals surface area contributed by atoms with Gasteiger partial charge in [-0.1, -0.05) is 29.8 Å². The number of rotatable bonds is 7. The van der Waals surface area contributed by atoms with Gasteiger partial charge in [-0.05, 0) is 43.7 Å². The Balaban J connectivity index is 1.82. The van der Waals surface area contributed by atoms with Crippen LogP contribution in [0.25, 0.3) is 0 Å². The number of nitrogens with zero attached hydrogens (tertiary/aromatic N) is 2. The van der Waals surface area contributed by atoms with Gasteiger partial charge in [0, 0.05) is 31.4 Å². The van der Waals surface area contributed by atoms with E-state index in [0.29, 0.717) is 23.6 Å². The number of carbonyl (C=O) groups is 3. The molecule has 0 unspecified atom stereocenters. The van der Waals surface area contributed by atoms with E-state index < -0.39 is 11.9 Å². The molecule has 9 nitrogen and oxygen atoms in total. The van der Waals surface area contributed by atoms with Gasteiger partial charge in [-0.2, -0.15) is 0 Å². The monoisotopic (exact) mass is 488 g/mol. The molecule has 3 N–H and O–H groups in total. The highest BCUT2D eigenvalue weighted by Crippen LogP contribution is 2.31. The molecule has 1 aliphatic rings. The molecule has 4 amide bonds. The van der Waals surface area contributed by atoms with E-state index >= 15 is 0 Å². The maximum absolute atomic E-state index is 13.6. The van der Waals surface area contributed by atoms with Crippen molar-refractivity contribution in [2.75, 3.05) is 37.7 Å². The van der Waals surface area contributed by atoms with Crippen LogP contribution < -0.4 is 20.3 Å². The fraction of sp³-hybridized carbons (Fsp3) is 0.375. The van der Waals surface area contributed by atoms with Crippen molar-refractivity contribution in [3.8, 4) is 5.75 Å². The maximum atomic E-state index is 13.6. The third kappa shape index (κ3) is 5.98. The van der Waals surface area contributed by atoms with Gasteiger partial charge >= 0.3 is 6.03 Å². The van der Waals surface area contributed by atoms with Crippen molar-refractivity contribution < 1.29 is 24.2 Å². The fourth-order valence-electron chi connectivity index (χ4n) is 3.76. The Morgan fingerprint density at radius 1 is 1.18 bits per heavy atom. The first-order valence-electron chi connectivity index (χ1n) is 11.1. The van der Waals surface area contributed by atoms with Crippen LogP contribution in [0.5, 0.6) is 5.75 Å². The van der Waals surface area contributed by atoms with Crippen LogP contribution in [-0.2, 0) is 11.3 Å². The van der Waals surface area contributed by atoms with Crippen LogP contribution in [0, 0.1) is 0 Å². The van der Waals surface area contributed by atoms with Gasteiger partial charge in [-0.15, -0.1) is 0 Å². The number of urea groups is 1. The summed E-state index contributed by atoms with van der Waals surface area (Å²) in [4.78, 5) is 41.5. The van der Waals surface area contributed by atoms with E-state index in [-0.39, 0.29) is 49.8 Å². The fourth-order valence-corrected chi connectivity index (χ4v) is 4.01. The molecule has 182 valence electrons. The van der Waals surface area contributed by atoms with Crippen LogP contribution in [0.3, 0.4) is 0 Å². The Hall–Kier alpha value is -3.30. The summed E-state index contributed by atoms with van der Waals surface area (Å²) in [6, 6.07) is 11.6. The molecule has 2 aromatic rings. The lowest BCUT2D eigenvalue weighted by molar-refractivity contribution is -0.120. The van der Waals surface area contributed by atoms with E-state index in [1.165, 1.54) is 0 Å². The molecular weight excluding hydrogens is 460 g/mol.